The third-order valence-corrected chi connectivity index (χ3v) is 6.22. The van der Waals surface area contributed by atoms with Crippen LogP contribution >= 0.6 is 0 Å². The Bertz CT molecular complexity index is 1290. The lowest BCUT2D eigenvalue weighted by Gasteiger charge is -2.32. The summed E-state index contributed by atoms with van der Waals surface area (Å²) in [4.78, 5) is 11.6. The maximum absolute atomic E-state index is 9.97. The van der Waals surface area contributed by atoms with Crippen LogP contribution in [0.2, 0.25) is 0 Å². The fourth-order valence-corrected chi connectivity index (χ4v) is 4.54. The molecular weight excluding hydrogens is 416 g/mol. The Morgan fingerprint density at radius 1 is 1.15 bits per heavy atom. The van der Waals surface area contributed by atoms with Crippen molar-refractivity contribution in [2.75, 3.05) is 41.8 Å². The minimum absolute atomic E-state index is 0.248. The monoisotopic (exact) mass is 442 g/mol. The molecule has 8 nitrogen and oxygen atoms in total. The van der Waals surface area contributed by atoms with Gasteiger partial charge in [-0.1, -0.05) is 0 Å². The number of aliphatic hydroxyl groups is 1. The standard InChI is InChI=1S/C25H26N6O2/c32-20-2-1-11-30(15-20)19-6-4-18(5-7-19)28-24-25-27-9-12-31(25)16-22(29-24)17-3-8-23-21(14-17)26-10-13-33-23/h3-9,12,14,16,20,26,32H,1-2,10-11,13,15H2,(H,28,29). The smallest absolute Gasteiger partial charge is 0.180 e. The summed E-state index contributed by atoms with van der Waals surface area (Å²) in [5, 5.41) is 16.8. The van der Waals surface area contributed by atoms with Gasteiger partial charge in [0.2, 0.25) is 0 Å². The molecule has 1 saturated heterocycles. The molecule has 3 N–H and O–H groups in total. The molecule has 2 aliphatic heterocycles. The molecule has 0 aliphatic carbocycles. The summed E-state index contributed by atoms with van der Waals surface area (Å²) in [6.45, 7) is 3.13. The molecule has 2 aliphatic rings. The van der Waals surface area contributed by atoms with Gasteiger partial charge in [0.15, 0.2) is 11.5 Å². The van der Waals surface area contributed by atoms with Crippen molar-refractivity contribution in [3.8, 4) is 17.0 Å². The number of nitrogens with one attached hydrogen (secondary N) is 2. The van der Waals surface area contributed by atoms with Crippen molar-refractivity contribution in [1.82, 2.24) is 14.4 Å². The van der Waals surface area contributed by atoms with E-state index >= 15 is 0 Å². The Labute approximate surface area is 191 Å². The lowest BCUT2D eigenvalue weighted by Crippen LogP contribution is -2.38. The van der Waals surface area contributed by atoms with E-state index in [2.05, 4.69) is 38.7 Å². The van der Waals surface area contributed by atoms with Crippen molar-refractivity contribution in [3.05, 3.63) is 61.1 Å². The first kappa shape index (κ1) is 19.9. The van der Waals surface area contributed by atoms with Crippen LogP contribution in [0, 0.1) is 0 Å². The van der Waals surface area contributed by atoms with Gasteiger partial charge in [0.1, 0.15) is 12.4 Å². The number of anilines is 4. The molecule has 4 heterocycles. The van der Waals surface area contributed by atoms with Gasteiger partial charge in [0, 0.05) is 55.2 Å². The molecule has 1 atom stereocenters. The minimum atomic E-state index is -0.248. The Kier molecular flexibility index (Phi) is 4.99. The third kappa shape index (κ3) is 3.93. The molecule has 4 aromatic rings. The molecule has 6 rings (SSSR count). The normalized spacial score (nSPS) is 17.8. The predicted octanol–water partition coefficient (Wildman–Crippen LogP) is 3.91. The van der Waals surface area contributed by atoms with Crippen molar-refractivity contribution in [3.63, 3.8) is 0 Å². The second-order valence-electron chi connectivity index (χ2n) is 8.53. The summed E-state index contributed by atoms with van der Waals surface area (Å²) in [6, 6.07) is 14.4. The number of aliphatic hydroxyl groups excluding tert-OH is 1. The van der Waals surface area contributed by atoms with Gasteiger partial charge in [-0.2, -0.15) is 0 Å². The molecule has 8 heteroatoms. The van der Waals surface area contributed by atoms with Crippen molar-refractivity contribution < 1.29 is 9.84 Å². The molecule has 0 spiro atoms. The molecule has 33 heavy (non-hydrogen) atoms. The zero-order valence-corrected chi connectivity index (χ0v) is 18.2. The fraction of sp³-hybridized carbons (Fsp3) is 0.280. The maximum atomic E-state index is 9.97. The summed E-state index contributed by atoms with van der Waals surface area (Å²) < 4.78 is 7.69. The van der Waals surface area contributed by atoms with Gasteiger partial charge in [-0.25, -0.2) is 9.97 Å². The molecule has 0 saturated carbocycles. The number of piperidine rings is 1. The van der Waals surface area contributed by atoms with Crippen LogP contribution in [0.3, 0.4) is 0 Å². The largest absolute Gasteiger partial charge is 0.490 e. The number of imidazole rings is 1. The quantitative estimate of drug-likeness (QED) is 0.442. The predicted molar refractivity (Wildman–Crippen MR) is 130 cm³/mol. The molecule has 0 bridgehead atoms. The number of hydrogen-bond acceptors (Lipinski definition) is 7. The van der Waals surface area contributed by atoms with E-state index in [9.17, 15) is 5.11 Å². The summed E-state index contributed by atoms with van der Waals surface area (Å²) in [5.41, 5.74) is 5.66. The Balaban J connectivity index is 1.30. The van der Waals surface area contributed by atoms with Gasteiger partial charge in [-0.15, -0.1) is 0 Å². The fourth-order valence-electron chi connectivity index (χ4n) is 4.54. The van der Waals surface area contributed by atoms with Gasteiger partial charge in [0.05, 0.1) is 17.5 Å². The summed E-state index contributed by atoms with van der Waals surface area (Å²) in [5.74, 6) is 1.56. The molecule has 168 valence electrons. The summed E-state index contributed by atoms with van der Waals surface area (Å²) in [6.07, 6.45) is 7.34. The summed E-state index contributed by atoms with van der Waals surface area (Å²) in [7, 11) is 0. The van der Waals surface area contributed by atoms with Gasteiger partial charge < -0.3 is 29.8 Å². The topological polar surface area (TPSA) is 87.0 Å². The van der Waals surface area contributed by atoms with E-state index in [1.54, 1.807) is 6.20 Å². The second kappa shape index (κ2) is 8.29. The number of hydrogen-bond donors (Lipinski definition) is 3. The SMILES string of the molecule is OC1CCCN(c2ccc(Nc3nc(-c4ccc5c(c4)NCCO5)cn4ccnc34)cc2)C1. The first-order valence-electron chi connectivity index (χ1n) is 11.4. The van der Waals surface area contributed by atoms with Crippen LogP contribution in [0.1, 0.15) is 12.8 Å². The average molecular weight is 443 g/mol. The Morgan fingerprint density at radius 3 is 2.94 bits per heavy atom. The van der Waals surface area contributed by atoms with E-state index in [-0.39, 0.29) is 6.10 Å². The average Bonchev–Trinajstić information content (AvgIpc) is 3.33. The maximum Gasteiger partial charge on any atom is 0.180 e. The van der Waals surface area contributed by atoms with E-state index in [1.165, 1.54) is 0 Å². The highest BCUT2D eigenvalue weighted by Crippen LogP contribution is 2.33. The van der Waals surface area contributed by atoms with Crippen molar-refractivity contribution in [1.29, 1.82) is 0 Å². The highest BCUT2D eigenvalue weighted by molar-refractivity contribution is 5.76. The number of aromatic nitrogens is 3. The number of β-amino-alcohol motifs (C(OH)–C–C–N with tert-alkyl or cyclic N) is 1. The number of fused-ring (bicyclic) bond motifs is 2. The molecule has 1 unspecified atom stereocenters. The Morgan fingerprint density at radius 2 is 2.06 bits per heavy atom. The lowest BCUT2D eigenvalue weighted by atomic mass is 10.1. The van der Waals surface area contributed by atoms with Gasteiger partial charge in [0.25, 0.3) is 0 Å². The van der Waals surface area contributed by atoms with Crippen molar-refractivity contribution >= 4 is 28.5 Å². The highest BCUT2D eigenvalue weighted by atomic mass is 16.5. The molecule has 0 amide bonds. The van der Waals surface area contributed by atoms with E-state index in [0.29, 0.717) is 19.0 Å². The first-order chi connectivity index (χ1) is 16.2. The number of benzene rings is 2. The van der Waals surface area contributed by atoms with Crippen LogP contribution in [-0.4, -0.2) is 51.8 Å². The zero-order chi connectivity index (χ0) is 22.2. The zero-order valence-electron chi connectivity index (χ0n) is 18.2. The summed E-state index contributed by atoms with van der Waals surface area (Å²) >= 11 is 0. The van der Waals surface area contributed by atoms with Gasteiger partial charge in [-0.05, 0) is 55.3 Å². The molecular formula is C25H26N6O2. The van der Waals surface area contributed by atoms with E-state index in [4.69, 9.17) is 9.72 Å². The van der Waals surface area contributed by atoms with Gasteiger partial charge in [-0.3, -0.25) is 0 Å². The highest BCUT2D eigenvalue weighted by Gasteiger charge is 2.18. The first-order valence-corrected chi connectivity index (χ1v) is 11.4. The van der Waals surface area contributed by atoms with Crippen LogP contribution in [0.4, 0.5) is 22.9 Å². The molecule has 2 aromatic heterocycles. The second-order valence-corrected chi connectivity index (χ2v) is 8.53. The van der Waals surface area contributed by atoms with Crippen molar-refractivity contribution in [2.45, 2.75) is 18.9 Å². The molecule has 1 fully saturated rings. The molecule has 0 radical (unpaired) electrons. The van der Waals surface area contributed by atoms with Crippen LogP contribution in [0.25, 0.3) is 16.9 Å². The van der Waals surface area contributed by atoms with E-state index in [0.717, 1.165) is 65.6 Å². The van der Waals surface area contributed by atoms with Crippen LogP contribution in [0.5, 0.6) is 5.75 Å². The number of rotatable bonds is 4. The number of nitrogens with zero attached hydrogens (tertiary/aromatic N) is 4. The van der Waals surface area contributed by atoms with Crippen LogP contribution in [-0.2, 0) is 0 Å². The van der Waals surface area contributed by atoms with Crippen LogP contribution < -0.4 is 20.3 Å². The molecule has 2 aromatic carbocycles. The van der Waals surface area contributed by atoms with Gasteiger partial charge >= 0.3 is 0 Å². The van der Waals surface area contributed by atoms with Crippen LogP contribution in [0.15, 0.2) is 61.1 Å². The van der Waals surface area contributed by atoms with Crippen molar-refractivity contribution in [2.24, 2.45) is 0 Å². The lowest BCUT2D eigenvalue weighted by molar-refractivity contribution is 0.154. The third-order valence-electron chi connectivity index (χ3n) is 6.22. The number of ether oxygens (including phenoxy) is 1. The Hall–Kier alpha value is -3.78. The minimum Gasteiger partial charge on any atom is -0.490 e. The van der Waals surface area contributed by atoms with E-state index < -0.39 is 0 Å². The van der Waals surface area contributed by atoms with E-state index in [1.807, 2.05) is 41.1 Å².